The van der Waals surface area contributed by atoms with Crippen LogP contribution in [0.5, 0.6) is 5.75 Å². The van der Waals surface area contributed by atoms with Crippen molar-refractivity contribution < 1.29 is 17.9 Å². The van der Waals surface area contributed by atoms with E-state index in [-0.39, 0.29) is 6.61 Å². The summed E-state index contributed by atoms with van der Waals surface area (Å²) < 4.78 is 28.2. The van der Waals surface area contributed by atoms with Crippen molar-refractivity contribution in [3.8, 4) is 5.75 Å². The zero-order chi connectivity index (χ0) is 12.2. The fourth-order valence-electron chi connectivity index (χ4n) is 0.916. The molecule has 5 nitrogen and oxygen atoms in total. The number of benzene rings is 1. The summed E-state index contributed by atoms with van der Waals surface area (Å²) in [6.45, 7) is -0.366. The molecule has 0 unspecified atom stereocenters. The molecule has 0 aromatic heterocycles. The third kappa shape index (κ3) is 4.99. The summed E-state index contributed by atoms with van der Waals surface area (Å²) in [5.74, 6) is -0.287. The van der Waals surface area contributed by atoms with Crippen molar-refractivity contribution in [2.75, 3.05) is 12.9 Å². The molecule has 0 saturated carbocycles. The van der Waals surface area contributed by atoms with Gasteiger partial charge in [-0.15, -0.1) is 0 Å². The summed E-state index contributed by atoms with van der Waals surface area (Å²) in [5, 5.41) is 0.549. The minimum atomic E-state index is -3.54. The fourth-order valence-corrected chi connectivity index (χ4v) is 1.51. The SMILES string of the molecule is CS(=O)(=O)NC(=O)COc1ccc(Cl)cc1. The topological polar surface area (TPSA) is 72.5 Å². The van der Waals surface area contributed by atoms with E-state index < -0.39 is 15.9 Å². The second kappa shape index (κ2) is 5.18. The lowest BCUT2D eigenvalue weighted by molar-refractivity contribution is -0.121. The Morgan fingerprint density at radius 3 is 2.44 bits per heavy atom. The molecule has 16 heavy (non-hydrogen) atoms. The van der Waals surface area contributed by atoms with Crippen molar-refractivity contribution in [3.05, 3.63) is 29.3 Å². The number of amides is 1. The molecule has 1 rings (SSSR count). The lowest BCUT2D eigenvalue weighted by atomic mass is 10.3. The molecule has 0 bridgehead atoms. The van der Waals surface area contributed by atoms with E-state index in [1.807, 2.05) is 0 Å². The van der Waals surface area contributed by atoms with Gasteiger partial charge in [-0.1, -0.05) is 11.6 Å². The van der Waals surface area contributed by atoms with Crippen LogP contribution in [0.25, 0.3) is 0 Å². The number of ether oxygens (including phenoxy) is 1. The van der Waals surface area contributed by atoms with Gasteiger partial charge in [-0.25, -0.2) is 8.42 Å². The number of hydrogen-bond donors (Lipinski definition) is 1. The number of carbonyl (C=O) groups excluding carboxylic acids is 1. The highest BCUT2D eigenvalue weighted by Gasteiger charge is 2.08. The van der Waals surface area contributed by atoms with Crippen LogP contribution in [0.3, 0.4) is 0 Å². The number of nitrogens with one attached hydrogen (secondary N) is 1. The standard InChI is InChI=1S/C9H10ClNO4S/c1-16(13,14)11-9(12)6-15-8-4-2-7(10)3-5-8/h2-5H,6H2,1H3,(H,11,12). The van der Waals surface area contributed by atoms with Crippen LogP contribution in [0, 0.1) is 0 Å². The predicted octanol–water partition coefficient (Wildman–Crippen LogP) is 0.795. The van der Waals surface area contributed by atoms with E-state index in [0.717, 1.165) is 6.26 Å². The van der Waals surface area contributed by atoms with Crippen LogP contribution < -0.4 is 9.46 Å². The molecule has 1 aromatic rings. The summed E-state index contributed by atoms with van der Waals surface area (Å²) in [6.07, 6.45) is 0.896. The van der Waals surface area contributed by atoms with E-state index in [1.54, 1.807) is 29.0 Å². The van der Waals surface area contributed by atoms with E-state index in [2.05, 4.69) is 0 Å². The van der Waals surface area contributed by atoms with Crippen LogP contribution >= 0.6 is 11.6 Å². The van der Waals surface area contributed by atoms with Gasteiger partial charge in [0.05, 0.1) is 6.26 Å². The average molecular weight is 264 g/mol. The van der Waals surface area contributed by atoms with Crippen LogP contribution in [0.2, 0.25) is 5.02 Å². The second-order valence-electron chi connectivity index (χ2n) is 3.04. The zero-order valence-corrected chi connectivity index (χ0v) is 10.0. The molecule has 88 valence electrons. The first kappa shape index (κ1) is 12.8. The Hall–Kier alpha value is -1.27. The highest BCUT2D eigenvalue weighted by molar-refractivity contribution is 7.89. The smallest absolute Gasteiger partial charge is 0.271 e. The van der Waals surface area contributed by atoms with Gasteiger partial charge in [0.1, 0.15) is 5.75 Å². The molecule has 7 heteroatoms. The van der Waals surface area contributed by atoms with Gasteiger partial charge in [-0.3, -0.25) is 9.52 Å². The maximum absolute atomic E-state index is 11.1. The Bertz CT molecular complexity index is 469. The first-order valence-corrected chi connectivity index (χ1v) is 6.53. The molecule has 0 aliphatic rings. The van der Waals surface area contributed by atoms with Crippen LogP contribution in [-0.2, 0) is 14.8 Å². The summed E-state index contributed by atoms with van der Waals surface area (Å²) >= 11 is 5.65. The maximum atomic E-state index is 11.1. The Morgan fingerprint density at radius 1 is 1.38 bits per heavy atom. The third-order valence-electron chi connectivity index (χ3n) is 1.48. The molecule has 0 atom stereocenters. The van der Waals surface area contributed by atoms with Gasteiger partial charge in [0.15, 0.2) is 6.61 Å². The summed E-state index contributed by atoms with van der Waals surface area (Å²) in [7, 11) is -3.54. The summed E-state index contributed by atoms with van der Waals surface area (Å²) in [4.78, 5) is 11.1. The second-order valence-corrected chi connectivity index (χ2v) is 5.22. The largest absolute Gasteiger partial charge is 0.484 e. The Kier molecular flexibility index (Phi) is 4.14. The average Bonchev–Trinajstić information content (AvgIpc) is 2.14. The van der Waals surface area contributed by atoms with E-state index >= 15 is 0 Å². The monoisotopic (exact) mass is 263 g/mol. The highest BCUT2D eigenvalue weighted by Crippen LogP contribution is 2.15. The lowest BCUT2D eigenvalue weighted by Gasteiger charge is -2.05. The number of rotatable bonds is 4. The molecule has 0 aliphatic heterocycles. The van der Waals surface area contributed by atoms with Crippen molar-refractivity contribution in [3.63, 3.8) is 0 Å². The minimum Gasteiger partial charge on any atom is -0.484 e. The molecule has 0 saturated heterocycles. The van der Waals surface area contributed by atoms with Gasteiger partial charge in [0, 0.05) is 5.02 Å². The van der Waals surface area contributed by atoms with Gasteiger partial charge in [-0.05, 0) is 24.3 Å². The molecule has 1 aromatic carbocycles. The van der Waals surface area contributed by atoms with Gasteiger partial charge >= 0.3 is 0 Å². The summed E-state index contributed by atoms with van der Waals surface area (Å²) in [6, 6.07) is 6.36. The molecule has 0 radical (unpaired) electrons. The van der Waals surface area contributed by atoms with Crippen molar-refractivity contribution >= 4 is 27.5 Å². The Labute approximate surface area is 98.4 Å². The zero-order valence-electron chi connectivity index (χ0n) is 8.44. The van der Waals surface area contributed by atoms with Crippen molar-refractivity contribution in [2.45, 2.75) is 0 Å². The number of carbonyl (C=O) groups is 1. The Balaban J connectivity index is 2.46. The normalized spacial score (nSPS) is 10.9. The third-order valence-corrected chi connectivity index (χ3v) is 2.33. The minimum absolute atomic E-state index is 0.366. The van der Waals surface area contributed by atoms with Crippen molar-refractivity contribution in [1.82, 2.24) is 4.72 Å². The maximum Gasteiger partial charge on any atom is 0.271 e. The first-order valence-electron chi connectivity index (χ1n) is 4.26. The van der Waals surface area contributed by atoms with Crippen molar-refractivity contribution in [1.29, 1.82) is 0 Å². The Morgan fingerprint density at radius 2 is 1.94 bits per heavy atom. The van der Waals surface area contributed by atoms with E-state index in [1.165, 1.54) is 0 Å². The lowest BCUT2D eigenvalue weighted by Crippen LogP contribution is -2.33. The van der Waals surface area contributed by atoms with Crippen LogP contribution in [0.4, 0.5) is 0 Å². The first-order chi connectivity index (χ1) is 7.37. The molecule has 1 N–H and O–H groups in total. The van der Waals surface area contributed by atoms with E-state index in [0.29, 0.717) is 10.8 Å². The predicted molar refractivity (Wildman–Crippen MR) is 59.9 cm³/mol. The van der Waals surface area contributed by atoms with Gasteiger partial charge < -0.3 is 4.74 Å². The number of halogens is 1. The summed E-state index contributed by atoms with van der Waals surface area (Å²) in [5.41, 5.74) is 0. The molecular weight excluding hydrogens is 254 g/mol. The van der Waals surface area contributed by atoms with Crippen LogP contribution in [-0.4, -0.2) is 27.2 Å². The highest BCUT2D eigenvalue weighted by atomic mass is 35.5. The van der Waals surface area contributed by atoms with Crippen LogP contribution in [0.15, 0.2) is 24.3 Å². The van der Waals surface area contributed by atoms with E-state index in [9.17, 15) is 13.2 Å². The molecule has 1 amide bonds. The molecule has 0 spiro atoms. The van der Waals surface area contributed by atoms with Gasteiger partial charge in [0.2, 0.25) is 10.0 Å². The van der Waals surface area contributed by atoms with Gasteiger partial charge in [0.25, 0.3) is 5.91 Å². The van der Waals surface area contributed by atoms with Crippen molar-refractivity contribution in [2.24, 2.45) is 0 Å². The number of hydrogen-bond acceptors (Lipinski definition) is 4. The molecule has 0 heterocycles. The quantitative estimate of drug-likeness (QED) is 0.872. The molecule has 0 aliphatic carbocycles. The van der Waals surface area contributed by atoms with Crippen LogP contribution in [0.1, 0.15) is 0 Å². The fraction of sp³-hybridized carbons (Fsp3) is 0.222. The number of sulfonamides is 1. The van der Waals surface area contributed by atoms with E-state index in [4.69, 9.17) is 16.3 Å². The molecular formula is C9H10ClNO4S. The molecule has 0 fully saturated rings. The van der Waals surface area contributed by atoms with Gasteiger partial charge in [-0.2, -0.15) is 0 Å².